The number of nitrogens with one attached hydrogen (secondary N) is 1. The van der Waals surface area contributed by atoms with E-state index in [1.54, 1.807) is 12.1 Å². The maximum Gasteiger partial charge on any atom is 0.294 e. The summed E-state index contributed by atoms with van der Waals surface area (Å²) in [6.45, 7) is 9.67. The molecule has 0 saturated carbocycles. The zero-order chi connectivity index (χ0) is 22.5. The third-order valence-corrected chi connectivity index (χ3v) is 6.19. The number of carbonyl (C=O) groups excluding carboxylic acids is 3. The number of amides is 3. The smallest absolute Gasteiger partial charge is 0.294 e. The molecule has 0 aromatic heterocycles. The van der Waals surface area contributed by atoms with Gasteiger partial charge in [-0.1, -0.05) is 18.2 Å². The van der Waals surface area contributed by atoms with Crippen LogP contribution in [-0.4, -0.2) is 41.6 Å². The number of anilines is 2. The highest BCUT2D eigenvalue weighted by molar-refractivity contribution is 8.18. The van der Waals surface area contributed by atoms with Gasteiger partial charge in [0.2, 0.25) is 5.91 Å². The molecule has 31 heavy (non-hydrogen) atoms. The number of hydrogen-bond acceptors (Lipinski definition) is 5. The number of carbonyl (C=O) groups is 3. The van der Waals surface area contributed by atoms with Gasteiger partial charge in [-0.25, -0.2) is 0 Å². The van der Waals surface area contributed by atoms with Crippen molar-refractivity contribution >= 4 is 46.3 Å². The van der Waals surface area contributed by atoms with Crippen molar-refractivity contribution < 1.29 is 14.4 Å². The molecule has 3 rings (SSSR count). The van der Waals surface area contributed by atoms with Crippen LogP contribution in [0.1, 0.15) is 30.5 Å². The first-order chi connectivity index (χ1) is 14.8. The lowest BCUT2D eigenvalue weighted by atomic mass is 10.1. The van der Waals surface area contributed by atoms with Crippen molar-refractivity contribution in [3.8, 4) is 0 Å². The van der Waals surface area contributed by atoms with E-state index in [1.165, 1.54) is 0 Å². The van der Waals surface area contributed by atoms with Crippen molar-refractivity contribution in [3.05, 3.63) is 64.1 Å². The van der Waals surface area contributed by atoms with Crippen LogP contribution in [0.4, 0.5) is 16.2 Å². The third kappa shape index (κ3) is 5.35. The lowest BCUT2D eigenvalue weighted by Crippen LogP contribution is -2.36. The van der Waals surface area contributed by atoms with E-state index in [0.29, 0.717) is 10.6 Å². The molecule has 162 valence electrons. The Kier molecular flexibility index (Phi) is 7.17. The molecule has 0 unspecified atom stereocenters. The van der Waals surface area contributed by atoms with E-state index < -0.39 is 17.1 Å². The number of thioether (sulfide) groups is 1. The summed E-state index contributed by atoms with van der Waals surface area (Å²) in [6, 6.07) is 13.4. The summed E-state index contributed by atoms with van der Waals surface area (Å²) in [5.74, 6) is -0.853. The molecule has 0 spiro atoms. The Morgan fingerprint density at radius 3 is 2.32 bits per heavy atom. The minimum atomic E-state index is -0.446. The van der Waals surface area contributed by atoms with Crippen LogP contribution in [-0.2, 0) is 9.59 Å². The number of imide groups is 1. The molecule has 0 bridgehead atoms. The van der Waals surface area contributed by atoms with E-state index >= 15 is 0 Å². The number of benzene rings is 2. The van der Waals surface area contributed by atoms with Crippen molar-refractivity contribution in [3.63, 3.8) is 0 Å². The van der Waals surface area contributed by atoms with Gasteiger partial charge in [-0.05, 0) is 86.5 Å². The molecule has 1 saturated heterocycles. The van der Waals surface area contributed by atoms with Gasteiger partial charge in [0.25, 0.3) is 11.1 Å². The van der Waals surface area contributed by atoms with E-state index in [0.717, 1.165) is 52.1 Å². The molecule has 1 N–H and O–H groups in total. The number of aryl methyl sites for hydroxylation is 2. The molecule has 6 nitrogen and oxygen atoms in total. The summed E-state index contributed by atoms with van der Waals surface area (Å²) < 4.78 is 0. The van der Waals surface area contributed by atoms with Crippen molar-refractivity contribution in [2.75, 3.05) is 29.9 Å². The molecule has 0 aliphatic carbocycles. The summed E-state index contributed by atoms with van der Waals surface area (Å²) >= 11 is 0.857. The van der Waals surface area contributed by atoms with Crippen LogP contribution < -0.4 is 10.2 Å². The monoisotopic (exact) mass is 437 g/mol. The van der Waals surface area contributed by atoms with Crippen LogP contribution in [0.5, 0.6) is 0 Å². The number of hydrogen-bond donors (Lipinski definition) is 1. The highest BCUT2D eigenvalue weighted by Gasteiger charge is 2.36. The predicted octanol–water partition coefficient (Wildman–Crippen LogP) is 4.82. The molecule has 1 aliphatic rings. The molecule has 1 fully saturated rings. The van der Waals surface area contributed by atoms with Crippen molar-refractivity contribution in [1.29, 1.82) is 0 Å². The summed E-state index contributed by atoms with van der Waals surface area (Å²) in [7, 11) is 0. The van der Waals surface area contributed by atoms with Gasteiger partial charge in [0.05, 0.1) is 4.91 Å². The van der Waals surface area contributed by atoms with Crippen molar-refractivity contribution in [2.24, 2.45) is 0 Å². The normalized spacial score (nSPS) is 15.0. The molecule has 2 aromatic carbocycles. The first-order valence-electron chi connectivity index (χ1n) is 10.3. The highest BCUT2D eigenvalue weighted by atomic mass is 32.2. The minimum absolute atomic E-state index is 0.310. The summed E-state index contributed by atoms with van der Waals surface area (Å²) in [5, 5.41) is 2.31. The van der Waals surface area contributed by atoms with Crippen LogP contribution in [0.3, 0.4) is 0 Å². The third-order valence-electron chi connectivity index (χ3n) is 5.29. The van der Waals surface area contributed by atoms with Gasteiger partial charge in [0.1, 0.15) is 6.54 Å². The molecule has 1 aliphatic heterocycles. The van der Waals surface area contributed by atoms with E-state index in [2.05, 4.69) is 24.1 Å². The fraction of sp³-hybridized carbons (Fsp3) is 0.292. The Morgan fingerprint density at radius 1 is 1.03 bits per heavy atom. The first-order valence-corrected chi connectivity index (χ1v) is 11.1. The predicted molar refractivity (Wildman–Crippen MR) is 127 cm³/mol. The van der Waals surface area contributed by atoms with Gasteiger partial charge in [0, 0.05) is 24.5 Å². The SMILES string of the molecule is CCN(CC)c1ccc(/C=C2/SC(=O)N(CC(=O)Nc3ccc(C)c(C)c3)C2=O)cc1. The molecule has 0 radical (unpaired) electrons. The topological polar surface area (TPSA) is 69.7 Å². The van der Waals surface area contributed by atoms with E-state index in [4.69, 9.17) is 0 Å². The Bertz CT molecular complexity index is 1030. The Labute approximate surface area is 187 Å². The maximum absolute atomic E-state index is 12.7. The van der Waals surface area contributed by atoms with Crippen LogP contribution >= 0.6 is 11.8 Å². The fourth-order valence-electron chi connectivity index (χ4n) is 3.32. The van der Waals surface area contributed by atoms with Crippen LogP contribution in [0, 0.1) is 13.8 Å². The number of rotatable bonds is 7. The molecule has 0 atom stereocenters. The van der Waals surface area contributed by atoms with Gasteiger partial charge >= 0.3 is 0 Å². The fourth-order valence-corrected chi connectivity index (χ4v) is 4.16. The van der Waals surface area contributed by atoms with Crippen LogP contribution in [0.15, 0.2) is 47.4 Å². The van der Waals surface area contributed by atoms with Crippen LogP contribution in [0.25, 0.3) is 6.08 Å². The summed E-state index contributed by atoms with van der Waals surface area (Å²) in [4.78, 5) is 41.0. The van der Waals surface area contributed by atoms with Crippen molar-refractivity contribution in [2.45, 2.75) is 27.7 Å². The zero-order valence-corrected chi connectivity index (χ0v) is 19.1. The number of nitrogens with zero attached hydrogens (tertiary/aromatic N) is 2. The average molecular weight is 438 g/mol. The summed E-state index contributed by atoms with van der Waals surface area (Å²) in [5.41, 5.74) is 4.77. The quantitative estimate of drug-likeness (QED) is 0.629. The second-order valence-electron chi connectivity index (χ2n) is 7.38. The molecule has 2 aromatic rings. The maximum atomic E-state index is 12.7. The molecule has 7 heteroatoms. The van der Waals surface area contributed by atoms with E-state index in [9.17, 15) is 14.4 Å². The molecule has 3 amide bonds. The molecule has 1 heterocycles. The van der Waals surface area contributed by atoms with Crippen molar-refractivity contribution in [1.82, 2.24) is 4.90 Å². The van der Waals surface area contributed by atoms with E-state index in [1.807, 2.05) is 50.2 Å². The lowest BCUT2D eigenvalue weighted by Gasteiger charge is -2.20. The largest absolute Gasteiger partial charge is 0.372 e. The van der Waals surface area contributed by atoms with Gasteiger partial charge < -0.3 is 10.2 Å². The van der Waals surface area contributed by atoms with Gasteiger partial charge in [-0.2, -0.15) is 0 Å². The second-order valence-corrected chi connectivity index (χ2v) is 8.37. The molecular weight excluding hydrogens is 410 g/mol. The van der Waals surface area contributed by atoms with Gasteiger partial charge in [0.15, 0.2) is 0 Å². The Hall–Kier alpha value is -3.06. The zero-order valence-electron chi connectivity index (χ0n) is 18.3. The summed E-state index contributed by atoms with van der Waals surface area (Å²) in [6.07, 6.45) is 1.69. The Morgan fingerprint density at radius 2 is 1.71 bits per heavy atom. The Balaban J connectivity index is 1.67. The first kappa shape index (κ1) is 22.6. The minimum Gasteiger partial charge on any atom is -0.372 e. The average Bonchev–Trinajstić information content (AvgIpc) is 3.00. The van der Waals surface area contributed by atoms with Crippen LogP contribution in [0.2, 0.25) is 0 Å². The highest BCUT2D eigenvalue weighted by Crippen LogP contribution is 2.32. The molecular formula is C24H27N3O3S. The standard InChI is InChI=1S/C24H27N3O3S/c1-5-26(6-2)20-11-8-18(9-12-20)14-21-23(29)27(24(30)31-21)15-22(28)25-19-10-7-16(3)17(4)13-19/h7-14H,5-6,15H2,1-4H3,(H,25,28)/b21-14+. The van der Waals surface area contributed by atoms with E-state index in [-0.39, 0.29) is 6.54 Å². The van der Waals surface area contributed by atoms with Gasteiger partial charge in [-0.15, -0.1) is 0 Å². The second kappa shape index (κ2) is 9.83. The van der Waals surface area contributed by atoms with Gasteiger partial charge in [-0.3, -0.25) is 19.3 Å². The lowest BCUT2D eigenvalue weighted by molar-refractivity contribution is -0.127.